The lowest BCUT2D eigenvalue weighted by atomic mass is 10.2. The van der Waals surface area contributed by atoms with Crippen LogP contribution in [0.25, 0.3) is 10.9 Å². The third kappa shape index (κ3) is 2.15. The van der Waals surface area contributed by atoms with Gasteiger partial charge in [-0.25, -0.2) is 0 Å². The number of aromatic nitrogens is 2. The predicted octanol–water partition coefficient (Wildman–Crippen LogP) is 2.85. The van der Waals surface area contributed by atoms with Crippen molar-refractivity contribution in [1.82, 2.24) is 15.1 Å². The normalized spacial score (nSPS) is 22.6. The zero-order chi connectivity index (χ0) is 12.5. The Balaban J connectivity index is 1.68. The fourth-order valence-electron chi connectivity index (χ4n) is 2.83. The van der Waals surface area contributed by atoms with Gasteiger partial charge in [0, 0.05) is 25.0 Å². The molecule has 1 aromatic carbocycles. The SMILES string of the molecule is CCCC1CC1NCc1nn(C)c2ccccc12. The molecule has 0 radical (unpaired) electrons. The molecule has 1 heterocycles. The molecule has 1 aliphatic carbocycles. The number of nitrogens with zero attached hydrogens (tertiary/aromatic N) is 2. The number of hydrogen-bond acceptors (Lipinski definition) is 2. The van der Waals surface area contributed by atoms with Crippen molar-refractivity contribution in [2.75, 3.05) is 0 Å². The van der Waals surface area contributed by atoms with E-state index < -0.39 is 0 Å². The summed E-state index contributed by atoms with van der Waals surface area (Å²) >= 11 is 0. The lowest BCUT2D eigenvalue weighted by Gasteiger charge is -2.01. The highest BCUT2D eigenvalue weighted by molar-refractivity contribution is 5.81. The lowest BCUT2D eigenvalue weighted by molar-refractivity contribution is 0.590. The first-order valence-electron chi connectivity index (χ1n) is 6.93. The van der Waals surface area contributed by atoms with Crippen LogP contribution in [0.5, 0.6) is 0 Å². The quantitative estimate of drug-likeness (QED) is 0.875. The summed E-state index contributed by atoms with van der Waals surface area (Å²) in [4.78, 5) is 0. The molecule has 1 N–H and O–H groups in total. The van der Waals surface area contributed by atoms with Gasteiger partial charge in [-0.15, -0.1) is 0 Å². The van der Waals surface area contributed by atoms with Crippen LogP contribution in [-0.4, -0.2) is 15.8 Å². The standard InChI is InChI=1S/C15H21N3/c1-3-6-11-9-13(11)16-10-14-12-7-4-5-8-15(12)18(2)17-14/h4-5,7-8,11,13,16H,3,6,9-10H2,1-2H3. The molecule has 0 amide bonds. The van der Waals surface area contributed by atoms with Crippen LogP contribution in [0.3, 0.4) is 0 Å². The van der Waals surface area contributed by atoms with E-state index in [-0.39, 0.29) is 0 Å². The Morgan fingerprint density at radius 1 is 1.39 bits per heavy atom. The molecule has 0 spiro atoms. The first-order valence-corrected chi connectivity index (χ1v) is 6.93. The van der Waals surface area contributed by atoms with Crippen molar-refractivity contribution in [2.45, 2.75) is 38.8 Å². The molecule has 1 aliphatic rings. The van der Waals surface area contributed by atoms with E-state index in [4.69, 9.17) is 0 Å². The van der Waals surface area contributed by atoms with E-state index in [9.17, 15) is 0 Å². The molecule has 96 valence electrons. The summed E-state index contributed by atoms with van der Waals surface area (Å²) < 4.78 is 1.97. The average molecular weight is 243 g/mol. The van der Waals surface area contributed by atoms with Gasteiger partial charge in [-0.2, -0.15) is 5.10 Å². The molecule has 3 heteroatoms. The molecule has 3 nitrogen and oxygen atoms in total. The van der Waals surface area contributed by atoms with Crippen molar-refractivity contribution in [3.05, 3.63) is 30.0 Å². The van der Waals surface area contributed by atoms with Crippen molar-refractivity contribution in [3.8, 4) is 0 Å². The molecule has 1 aromatic heterocycles. The van der Waals surface area contributed by atoms with Crippen LogP contribution in [0.2, 0.25) is 0 Å². The summed E-state index contributed by atoms with van der Waals surface area (Å²) in [5.41, 5.74) is 2.39. The number of fused-ring (bicyclic) bond motifs is 1. The average Bonchev–Trinajstić information content (AvgIpc) is 3.05. The van der Waals surface area contributed by atoms with E-state index in [0.717, 1.165) is 18.5 Å². The van der Waals surface area contributed by atoms with E-state index in [1.807, 2.05) is 11.7 Å². The number of nitrogens with one attached hydrogen (secondary N) is 1. The van der Waals surface area contributed by atoms with Crippen molar-refractivity contribution in [1.29, 1.82) is 0 Å². The van der Waals surface area contributed by atoms with Crippen molar-refractivity contribution < 1.29 is 0 Å². The maximum absolute atomic E-state index is 4.61. The van der Waals surface area contributed by atoms with Gasteiger partial charge in [0.2, 0.25) is 0 Å². The van der Waals surface area contributed by atoms with Gasteiger partial charge in [0.25, 0.3) is 0 Å². The van der Waals surface area contributed by atoms with Crippen LogP contribution in [0.4, 0.5) is 0 Å². The molecule has 2 aromatic rings. The summed E-state index contributed by atoms with van der Waals surface area (Å²) in [5, 5.41) is 9.53. The summed E-state index contributed by atoms with van der Waals surface area (Å²) in [5.74, 6) is 0.907. The summed E-state index contributed by atoms with van der Waals surface area (Å²) in [6, 6.07) is 9.17. The van der Waals surface area contributed by atoms with Gasteiger partial charge in [0.15, 0.2) is 0 Å². The van der Waals surface area contributed by atoms with Gasteiger partial charge in [0.1, 0.15) is 0 Å². The number of hydrogen-bond donors (Lipinski definition) is 1. The Kier molecular flexibility index (Phi) is 3.08. The van der Waals surface area contributed by atoms with Gasteiger partial charge in [-0.3, -0.25) is 4.68 Å². The number of para-hydroxylation sites is 1. The first-order chi connectivity index (χ1) is 8.79. The number of rotatable bonds is 5. The minimum Gasteiger partial charge on any atom is -0.308 e. The predicted molar refractivity (Wildman–Crippen MR) is 74.4 cm³/mol. The topological polar surface area (TPSA) is 29.9 Å². The van der Waals surface area contributed by atoms with Crippen LogP contribution in [-0.2, 0) is 13.6 Å². The molecule has 0 aliphatic heterocycles. The Morgan fingerprint density at radius 2 is 2.22 bits per heavy atom. The Morgan fingerprint density at radius 3 is 3.06 bits per heavy atom. The lowest BCUT2D eigenvalue weighted by Crippen LogP contribution is -2.18. The smallest absolute Gasteiger partial charge is 0.0841 e. The molecular formula is C15H21N3. The Bertz CT molecular complexity index is 544. The molecule has 18 heavy (non-hydrogen) atoms. The second-order valence-electron chi connectivity index (χ2n) is 5.36. The maximum Gasteiger partial charge on any atom is 0.0841 e. The Hall–Kier alpha value is -1.35. The van der Waals surface area contributed by atoms with E-state index in [1.54, 1.807) is 0 Å². The second kappa shape index (κ2) is 4.73. The second-order valence-corrected chi connectivity index (χ2v) is 5.36. The zero-order valence-electron chi connectivity index (χ0n) is 11.2. The molecule has 1 fully saturated rings. The van der Waals surface area contributed by atoms with Crippen molar-refractivity contribution >= 4 is 10.9 Å². The van der Waals surface area contributed by atoms with Crippen molar-refractivity contribution in [3.63, 3.8) is 0 Å². The highest BCUT2D eigenvalue weighted by atomic mass is 15.3. The third-order valence-electron chi connectivity index (χ3n) is 3.95. The molecule has 0 bridgehead atoms. The van der Waals surface area contributed by atoms with E-state index in [0.29, 0.717) is 0 Å². The van der Waals surface area contributed by atoms with E-state index in [1.165, 1.54) is 35.9 Å². The largest absolute Gasteiger partial charge is 0.308 e. The Labute approximate surface area is 108 Å². The molecular weight excluding hydrogens is 222 g/mol. The van der Waals surface area contributed by atoms with Gasteiger partial charge in [0.05, 0.1) is 11.2 Å². The maximum atomic E-state index is 4.61. The summed E-state index contributed by atoms with van der Waals surface area (Å²) in [6.07, 6.45) is 4.01. The third-order valence-corrected chi connectivity index (χ3v) is 3.95. The van der Waals surface area contributed by atoms with Crippen LogP contribution in [0, 0.1) is 5.92 Å². The molecule has 3 rings (SSSR count). The van der Waals surface area contributed by atoms with Crippen LogP contribution >= 0.6 is 0 Å². The molecule has 1 saturated carbocycles. The first kappa shape index (κ1) is 11.7. The fourth-order valence-corrected chi connectivity index (χ4v) is 2.83. The van der Waals surface area contributed by atoms with Crippen LogP contribution < -0.4 is 5.32 Å². The monoisotopic (exact) mass is 243 g/mol. The minimum atomic E-state index is 0.728. The zero-order valence-corrected chi connectivity index (χ0v) is 11.2. The summed E-state index contributed by atoms with van der Waals surface area (Å²) in [6.45, 7) is 3.16. The molecule has 2 unspecified atom stereocenters. The van der Waals surface area contributed by atoms with E-state index >= 15 is 0 Å². The van der Waals surface area contributed by atoms with Crippen LogP contribution in [0.15, 0.2) is 24.3 Å². The van der Waals surface area contributed by atoms with Gasteiger partial charge >= 0.3 is 0 Å². The molecule has 0 saturated heterocycles. The fraction of sp³-hybridized carbons (Fsp3) is 0.533. The van der Waals surface area contributed by atoms with E-state index in [2.05, 4.69) is 41.6 Å². The van der Waals surface area contributed by atoms with Gasteiger partial charge < -0.3 is 5.32 Å². The van der Waals surface area contributed by atoms with Gasteiger partial charge in [-0.1, -0.05) is 31.5 Å². The minimum absolute atomic E-state index is 0.728. The number of aryl methyl sites for hydroxylation is 1. The highest BCUT2D eigenvalue weighted by Crippen LogP contribution is 2.34. The summed E-state index contributed by atoms with van der Waals surface area (Å²) in [7, 11) is 2.02. The molecule has 2 atom stereocenters. The van der Waals surface area contributed by atoms with Crippen molar-refractivity contribution in [2.24, 2.45) is 13.0 Å². The van der Waals surface area contributed by atoms with Gasteiger partial charge in [-0.05, 0) is 24.8 Å². The number of benzene rings is 1. The highest BCUT2D eigenvalue weighted by Gasteiger charge is 2.35. The van der Waals surface area contributed by atoms with Crippen LogP contribution in [0.1, 0.15) is 31.9 Å².